The number of nitro benzene ring substituents is 1. The Labute approximate surface area is 148 Å². The van der Waals surface area contributed by atoms with Gasteiger partial charge in [0.05, 0.1) is 24.0 Å². The largest absolute Gasteiger partial charge is 0.464 e. The number of hydrogen-bond acceptors (Lipinski definition) is 6. The van der Waals surface area contributed by atoms with Gasteiger partial charge in [-0.3, -0.25) is 10.1 Å². The molecule has 0 amide bonds. The maximum Gasteiger partial charge on any atom is 0.357 e. The monoisotopic (exact) mass is 352 g/mol. The van der Waals surface area contributed by atoms with Crippen molar-refractivity contribution in [1.29, 1.82) is 0 Å². The lowest BCUT2D eigenvalue weighted by Gasteiger charge is -2.08. The van der Waals surface area contributed by atoms with E-state index in [1.165, 1.54) is 13.2 Å². The summed E-state index contributed by atoms with van der Waals surface area (Å²) in [5.41, 5.74) is 1.45. The van der Waals surface area contributed by atoms with E-state index in [0.717, 1.165) is 12.8 Å². The molecule has 4 rings (SSSR count). The fourth-order valence-electron chi connectivity index (χ4n) is 2.99. The van der Waals surface area contributed by atoms with Crippen molar-refractivity contribution in [3.05, 3.63) is 63.7 Å². The van der Waals surface area contributed by atoms with Gasteiger partial charge >= 0.3 is 5.97 Å². The second kappa shape index (κ2) is 6.21. The van der Waals surface area contributed by atoms with Crippen molar-refractivity contribution in [1.82, 2.24) is 14.5 Å². The highest BCUT2D eigenvalue weighted by Crippen LogP contribution is 2.39. The average Bonchev–Trinajstić information content (AvgIpc) is 3.43. The van der Waals surface area contributed by atoms with Crippen LogP contribution in [0.15, 0.2) is 36.5 Å². The van der Waals surface area contributed by atoms with Crippen molar-refractivity contribution in [3.8, 4) is 0 Å². The molecule has 1 fully saturated rings. The zero-order chi connectivity index (χ0) is 18.3. The molecule has 1 aliphatic rings. The lowest BCUT2D eigenvalue weighted by molar-refractivity contribution is -0.385. The summed E-state index contributed by atoms with van der Waals surface area (Å²) in [6.45, 7) is 0.280. The van der Waals surface area contributed by atoms with Gasteiger partial charge in [0.15, 0.2) is 5.69 Å². The van der Waals surface area contributed by atoms with E-state index in [2.05, 4.69) is 9.97 Å². The second-order valence-electron chi connectivity index (χ2n) is 6.26. The minimum absolute atomic E-state index is 0.0546. The number of aromatic nitrogens is 3. The Kier molecular flexibility index (Phi) is 3.87. The van der Waals surface area contributed by atoms with E-state index < -0.39 is 10.9 Å². The van der Waals surface area contributed by atoms with Crippen molar-refractivity contribution < 1.29 is 14.5 Å². The number of ether oxygens (including phenoxy) is 1. The van der Waals surface area contributed by atoms with Crippen LogP contribution in [0.1, 0.15) is 40.6 Å². The van der Waals surface area contributed by atoms with Crippen molar-refractivity contribution in [2.24, 2.45) is 0 Å². The van der Waals surface area contributed by atoms with Crippen molar-refractivity contribution >= 4 is 22.7 Å². The number of nitrogens with zero attached hydrogens (tertiary/aromatic N) is 4. The van der Waals surface area contributed by atoms with Gasteiger partial charge in [0.1, 0.15) is 11.5 Å². The Hall–Kier alpha value is -3.29. The lowest BCUT2D eigenvalue weighted by atomic mass is 10.2. The molecule has 0 unspecified atom stereocenters. The number of fused-ring (bicyclic) bond motifs is 1. The molecule has 0 atom stereocenters. The first-order valence-electron chi connectivity index (χ1n) is 8.26. The number of hydrogen-bond donors (Lipinski definition) is 0. The molecule has 2 heterocycles. The summed E-state index contributed by atoms with van der Waals surface area (Å²) < 4.78 is 6.65. The highest BCUT2D eigenvalue weighted by molar-refractivity contribution is 6.00. The standard InChI is InChI=1S/C18H16N4O4/c1-26-18(23)15-13-8-9-21(17(13)20-16(19-15)11-6-7-11)10-12-4-2-3-5-14(12)22(24)25/h2-5,8-9,11H,6-7,10H2,1H3. The summed E-state index contributed by atoms with van der Waals surface area (Å²) in [4.78, 5) is 32.0. The van der Waals surface area contributed by atoms with Gasteiger partial charge in [-0.1, -0.05) is 18.2 Å². The van der Waals surface area contributed by atoms with Gasteiger partial charge in [0, 0.05) is 23.7 Å². The lowest BCUT2D eigenvalue weighted by Crippen LogP contribution is -2.10. The van der Waals surface area contributed by atoms with E-state index in [4.69, 9.17) is 4.74 Å². The molecule has 0 spiro atoms. The van der Waals surface area contributed by atoms with Crippen molar-refractivity contribution in [3.63, 3.8) is 0 Å². The molecule has 0 radical (unpaired) electrons. The minimum Gasteiger partial charge on any atom is -0.464 e. The highest BCUT2D eigenvalue weighted by atomic mass is 16.6. The van der Waals surface area contributed by atoms with Crippen LogP contribution in [-0.2, 0) is 11.3 Å². The molecule has 0 aliphatic heterocycles. The summed E-state index contributed by atoms with van der Waals surface area (Å²) in [6.07, 6.45) is 3.76. The molecule has 132 valence electrons. The second-order valence-corrected chi connectivity index (χ2v) is 6.26. The van der Waals surface area contributed by atoms with Crippen LogP contribution in [0.2, 0.25) is 0 Å². The number of para-hydroxylation sites is 1. The number of carbonyl (C=O) groups is 1. The third-order valence-electron chi connectivity index (χ3n) is 4.49. The third-order valence-corrected chi connectivity index (χ3v) is 4.49. The molecular weight excluding hydrogens is 336 g/mol. The van der Waals surface area contributed by atoms with E-state index in [0.29, 0.717) is 22.4 Å². The Bertz CT molecular complexity index is 1020. The molecule has 8 nitrogen and oxygen atoms in total. The van der Waals surface area contributed by atoms with Crippen LogP contribution in [0.5, 0.6) is 0 Å². The van der Waals surface area contributed by atoms with Gasteiger partial charge in [-0.15, -0.1) is 0 Å². The average molecular weight is 352 g/mol. The number of rotatable bonds is 5. The van der Waals surface area contributed by atoms with Gasteiger partial charge in [0.25, 0.3) is 5.69 Å². The first-order valence-corrected chi connectivity index (χ1v) is 8.26. The number of benzene rings is 1. The molecule has 0 N–H and O–H groups in total. The molecule has 1 aliphatic carbocycles. The first kappa shape index (κ1) is 16.2. The number of nitro groups is 1. The Balaban J connectivity index is 1.83. The van der Waals surface area contributed by atoms with Gasteiger partial charge in [-0.2, -0.15) is 0 Å². The Morgan fingerprint density at radius 2 is 2.08 bits per heavy atom. The smallest absolute Gasteiger partial charge is 0.357 e. The summed E-state index contributed by atoms with van der Waals surface area (Å²) in [6, 6.07) is 8.34. The quantitative estimate of drug-likeness (QED) is 0.397. The van der Waals surface area contributed by atoms with Gasteiger partial charge in [-0.25, -0.2) is 14.8 Å². The summed E-state index contributed by atoms with van der Waals surface area (Å²) >= 11 is 0. The van der Waals surface area contributed by atoms with E-state index in [9.17, 15) is 14.9 Å². The molecular formula is C18H16N4O4. The predicted molar refractivity (Wildman–Crippen MR) is 93.0 cm³/mol. The Morgan fingerprint density at radius 3 is 2.77 bits per heavy atom. The van der Waals surface area contributed by atoms with Gasteiger partial charge in [-0.05, 0) is 18.9 Å². The number of esters is 1. The molecule has 2 aromatic heterocycles. The molecule has 0 saturated heterocycles. The summed E-state index contributed by atoms with van der Waals surface area (Å²) in [5, 5.41) is 11.8. The summed E-state index contributed by atoms with van der Waals surface area (Å²) in [7, 11) is 1.32. The van der Waals surface area contributed by atoms with Gasteiger partial charge in [0.2, 0.25) is 0 Å². The van der Waals surface area contributed by atoms with E-state index in [1.807, 2.05) is 0 Å². The van der Waals surface area contributed by atoms with Crippen LogP contribution in [0.25, 0.3) is 11.0 Å². The predicted octanol–water partition coefficient (Wildman–Crippen LogP) is 3.05. The molecule has 26 heavy (non-hydrogen) atoms. The topological polar surface area (TPSA) is 100 Å². The Morgan fingerprint density at radius 1 is 1.31 bits per heavy atom. The van der Waals surface area contributed by atoms with E-state index >= 15 is 0 Å². The van der Waals surface area contributed by atoms with Crippen LogP contribution >= 0.6 is 0 Å². The maximum atomic E-state index is 12.1. The maximum absolute atomic E-state index is 12.1. The SMILES string of the molecule is COC(=O)c1nc(C2CC2)nc2c1ccn2Cc1ccccc1[N+](=O)[O-]. The number of carbonyl (C=O) groups excluding carboxylic acids is 1. The van der Waals surface area contributed by atoms with E-state index in [1.54, 1.807) is 35.0 Å². The molecule has 0 bridgehead atoms. The third kappa shape index (κ3) is 2.79. The van der Waals surface area contributed by atoms with Crippen molar-refractivity contribution in [2.75, 3.05) is 7.11 Å². The van der Waals surface area contributed by atoms with Crippen LogP contribution in [-0.4, -0.2) is 32.5 Å². The molecule has 1 saturated carbocycles. The fourth-order valence-corrected chi connectivity index (χ4v) is 2.99. The highest BCUT2D eigenvalue weighted by Gasteiger charge is 2.29. The molecule has 3 aromatic rings. The molecule has 8 heteroatoms. The normalized spacial score (nSPS) is 13.7. The zero-order valence-electron chi connectivity index (χ0n) is 14.1. The van der Waals surface area contributed by atoms with Crippen LogP contribution in [0.3, 0.4) is 0 Å². The number of methoxy groups -OCH3 is 1. The minimum atomic E-state index is -0.511. The van der Waals surface area contributed by atoms with Crippen LogP contribution in [0, 0.1) is 10.1 Å². The first-order chi connectivity index (χ1) is 12.6. The van der Waals surface area contributed by atoms with Crippen LogP contribution in [0.4, 0.5) is 5.69 Å². The van der Waals surface area contributed by atoms with E-state index in [-0.39, 0.29) is 23.8 Å². The fraction of sp³-hybridized carbons (Fsp3) is 0.278. The van der Waals surface area contributed by atoms with Crippen LogP contribution < -0.4 is 0 Å². The summed E-state index contributed by atoms with van der Waals surface area (Å²) in [5.74, 6) is 0.375. The zero-order valence-corrected chi connectivity index (χ0v) is 14.1. The van der Waals surface area contributed by atoms with Crippen molar-refractivity contribution in [2.45, 2.75) is 25.3 Å². The van der Waals surface area contributed by atoms with Gasteiger partial charge < -0.3 is 9.30 Å². The molecule has 1 aromatic carbocycles.